The number of piperazine rings is 1. The Bertz CT molecular complexity index is 1060. The largest absolute Gasteiger partial charge is 0.447 e. The molecule has 2 saturated heterocycles. The second kappa shape index (κ2) is 10.7. The second-order valence-corrected chi connectivity index (χ2v) is 10.4. The molecule has 0 radical (unpaired) electrons. The van der Waals surface area contributed by atoms with Crippen molar-refractivity contribution in [3.05, 3.63) is 47.7 Å². The molecule has 0 unspecified atom stereocenters. The lowest BCUT2D eigenvalue weighted by Gasteiger charge is -2.35. The summed E-state index contributed by atoms with van der Waals surface area (Å²) in [5, 5.41) is 3.32. The molecule has 1 N–H and O–H groups in total. The SMILES string of the molecule is C[C@H](Nc1nccc(N2C(=O)OC[C@@H]2C)n1)c1ccc(CN2CCN(C(=O)OC(C)(C)C)CC2)cc1. The second-order valence-electron chi connectivity index (χ2n) is 10.4. The molecule has 2 aliphatic heterocycles. The first-order chi connectivity index (χ1) is 17.1. The van der Waals surface area contributed by atoms with Crippen LogP contribution in [0.2, 0.25) is 0 Å². The molecule has 0 spiro atoms. The van der Waals surface area contributed by atoms with Crippen molar-refractivity contribution in [1.29, 1.82) is 0 Å². The van der Waals surface area contributed by atoms with Gasteiger partial charge in [0.1, 0.15) is 18.0 Å². The molecule has 2 fully saturated rings. The third-order valence-electron chi connectivity index (χ3n) is 6.23. The van der Waals surface area contributed by atoms with Crippen molar-refractivity contribution in [2.45, 2.75) is 58.8 Å². The van der Waals surface area contributed by atoms with Crippen LogP contribution in [0.1, 0.15) is 51.8 Å². The Hall–Kier alpha value is -3.40. The Morgan fingerprint density at radius 3 is 2.47 bits per heavy atom. The number of hydrogen-bond acceptors (Lipinski definition) is 8. The highest BCUT2D eigenvalue weighted by molar-refractivity contribution is 5.89. The van der Waals surface area contributed by atoms with Gasteiger partial charge in [-0.3, -0.25) is 9.80 Å². The summed E-state index contributed by atoms with van der Waals surface area (Å²) in [6.45, 7) is 13.8. The molecule has 0 bridgehead atoms. The fraction of sp³-hybridized carbons (Fsp3) is 0.538. The zero-order chi connectivity index (χ0) is 25.9. The Labute approximate surface area is 212 Å². The molecule has 2 aliphatic rings. The number of amides is 2. The zero-order valence-corrected chi connectivity index (χ0v) is 21.7. The van der Waals surface area contributed by atoms with Crippen molar-refractivity contribution in [3.63, 3.8) is 0 Å². The van der Waals surface area contributed by atoms with E-state index in [1.165, 1.54) is 5.56 Å². The summed E-state index contributed by atoms with van der Waals surface area (Å²) < 4.78 is 10.6. The van der Waals surface area contributed by atoms with Crippen LogP contribution >= 0.6 is 0 Å². The molecule has 4 rings (SSSR count). The molecule has 10 heteroatoms. The van der Waals surface area contributed by atoms with E-state index >= 15 is 0 Å². The summed E-state index contributed by atoms with van der Waals surface area (Å²) in [5.41, 5.74) is 1.85. The van der Waals surface area contributed by atoms with Crippen molar-refractivity contribution in [2.75, 3.05) is 43.0 Å². The average molecular weight is 497 g/mol. The summed E-state index contributed by atoms with van der Waals surface area (Å²) in [6, 6.07) is 10.1. The third kappa shape index (κ3) is 6.42. The summed E-state index contributed by atoms with van der Waals surface area (Å²) >= 11 is 0. The van der Waals surface area contributed by atoms with Crippen LogP contribution in [0.3, 0.4) is 0 Å². The topological polar surface area (TPSA) is 100 Å². The maximum absolute atomic E-state index is 12.3. The number of carbonyl (C=O) groups is 2. The number of hydrogen-bond donors (Lipinski definition) is 1. The molecule has 2 atom stereocenters. The predicted molar refractivity (Wildman–Crippen MR) is 137 cm³/mol. The first-order valence-corrected chi connectivity index (χ1v) is 12.4. The van der Waals surface area contributed by atoms with Crippen LogP contribution in [0.15, 0.2) is 36.5 Å². The predicted octanol–water partition coefficient (Wildman–Crippen LogP) is 4.05. The Kier molecular flexibility index (Phi) is 7.63. The van der Waals surface area contributed by atoms with Gasteiger partial charge in [0.25, 0.3) is 0 Å². The molecular weight excluding hydrogens is 460 g/mol. The number of ether oxygens (including phenoxy) is 2. The number of rotatable bonds is 6. The minimum atomic E-state index is -0.475. The van der Waals surface area contributed by atoms with E-state index in [1.54, 1.807) is 22.1 Å². The normalized spacial score (nSPS) is 19.7. The number of benzene rings is 1. The van der Waals surface area contributed by atoms with Crippen LogP contribution in [-0.2, 0) is 16.0 Å². The van der Waals surface area contributed by atoms with Gasteiger partial charge in [0.2, 0.25) is 5.95 Å². The first kappa shape index (κ1) is 25.7. The molecule has 3 heterocycles. The van der Waals surface area contributed by atoms with Crippen LogP contribution < -0.4 is 10.2 Å². The fourth-order valence-electron chi connectivity index (χ4n) is 4.25. The molecule has 10 nitrogen and oxygen atoms in total. The van der Waals surface area contributed by atoms with Gasteiger partial charge >= 0.3 is 12.2 Å². The highest BCUT2D eigenvalue weighted by atomic mass is 16.6. The van der Waals surface area contributed by atoms with Gasteiger partial charge < -0.3 is 19.7 Å². The maximum Gasteiger partial charge on any atom is 0.415 e. The van der Waals surface area contributed by atoms with E-state index in [0.29, 0.717) is 31.5 Å². The van der Waals surface area contributed by atoms with Gasteiger partial charge in [-0.05, 0) is 51.8 Å². The van der Waals surface area contributed by atoms with Gasteiger partial charge in [0.15, 0.2) is 0 Å². The molecule has 2 aromatic rings. The monoisotopic (exact) mass is 496 g/mol. The van der Waals surface area contributed by atoms with E-state index in [2.05, 4.69) is 44.5 Å². The van der Waals surface area contributed by atoms with Gasteiger partial charge in [-0.2, -0.15) is 4.98 Å². The van der Waals surface area contributed by atoms with Crippen molar-refractivity contribution in [1.82, 2.24) is 19.8 Å². The van der Waals surface area contributed by atoms with Gasteiger partial charge in [0, 0.05) is 38.9 Å². The van der Waals surface area contributed by atoms with E-state index in [0.717, 1.165) is 25.2 Å². The number of nitrogens with zero attached hydrogens (tertiary/aromatic N) is 5. The van der Waals surface area contributed by atoms with E-state index in [4.69, 9.17) is 9.47 Å². The summed E-state index contributed by atoms with van der Waals surface area (Å²) in [6.07, 6.45) is 1.01. The van der Waals surface area contributed by atoms with Crippen LogP contribution in [0.25, 0.3) is 0 Å². The minimum Gasteiger partial charge on any atom is -0.447 e. The number of nitrogens with one attached hydrogen (secondary N) is 1. The zero-order valence-electron chi connectivity index (χ0n) is 21.7. The Balaban J connectivity index is 1.29. The number of aromatic nitrogens is 2. The van der Waals surface area contributed by atoms with E-state index < -0.39 is 5.60 Å². The number of anilines is 2. The quantitative estimate of drug-likeness (QED) is 0.639. The van der Waals surface area contributed by atoms with Crippen molar-refractivity contribution in [3.8, 4) is 0 Å². The van der Waals surface area contributed by atoms with E-state index in [9.17, 15) is 9.59 Å². The average Bonchev–Trinajstić information content (AvgIpc) is 3.17. The minimum absolute atomic E-state index is 0.0189. The molecule has 1 aromatic carbocycles. The van der Waals surface area contributed by atoms with Crippen LogP contribution in [0.4, 0.5) is 21.4 Å². The highest BCUT2D eigenvalue weighted by Gasteiger charge is 2.32. The molecule has 1 aromatic heterocycles. The van der Waals surface area contributed by atoms with Gasteiger partial charge in [-0.15, -0.1) is 0 Å². The fourth-order valence-corrected chi connectivity index (χ4v) is 4.25. The third-order valence-corrected chi connectivity index (χ3v) is 6.23. The number of cyclic esters (lactones) is 1. The molecule has 0 saturated carbocycles. The molecule has 2 amide bonds. The number of carbonyl (C=O) groups excluding carboxylic acids is 2. The molecule has 0 aliphatic carbocycles. The lowest BCUT2D eigenvalue weighted by atomic mass is 10.1. The van der Waals surface area contributed by atoms with Crippen molar-refractivity contribution in [2.24, 2.45) is 0 Å². The van der Waals surface area contributed by atoms with Crippen LogP contribution in [0, 0.1) is 0 Å². The van der Waals surface area contributed by atoms with Crippen molar-refractivity contribution < 1.29 is 19.1 Å². The molecule has 194 valence electrons. The first-order valence-electron chi connectivity index (χ1n) is 12.4. The molecule has 36 heavy (non-hydrogen) atoms. The molecular formula is C26H36N6O4. The summed E-state index contributed by atoms with van der Waals surface area (Å²) in [5.74, 6) is 0.982. The Morgan fingerprint density at radius 2 is 1.86 bits per heavy atom. The van der Waals surface area contributed by atoms with Gasteiger partial charge in [-0.25, -0.2) is 14.6 Å². The standard InChI is InChI=1S/C26H36N6O4/c1-18-17-35-25(34)32(18)22-10-11-27-23(29-22)28-19(2)21-8-6-20(7-9-21)16-30-12-14-31(15-13-30)24(33)36-26(3,4)5/h6-11,18-19H,12-17H2,1-5H3,(H,27,28,29)/t18-,19-/m0/s1. The van der Waals surface area contributed by atoms with E-state index in [-0.39, 0.29) is 24.3 Å². The lowest BCUT2D eigenvalue weighted by molar-refractivity contribution is 0.0139. The maximum atomic E-state index is 12.3. The smallest absolute Gasteiger partial charge is 0.415 e. The summed E-state index contributed by atoms with van der Waals surface area (Å²) in [4.78, 5) is 38.8. The highest BCUT2D eigenvalue weighted by Crippen LogP contribution is 2.23. The van der Waals surface area contributed by atoms with Crippen molar-refractivity contribution >= 4 is 24.0 Å². The van der Waals surface area contributed by atoms with Gasteiger partial charge in [0.05, 0.1) is 12.1 Å². The summed E-state index contributed by atoms with van der Waals surface area (Å²) in [7, 11) is 0. The van der Waals surface area contributed by atoms with E-state index in [1.807, 2.05) is 34.6 Å². The van der Waals surface area contributed by atoms with Gasteiger partial charge in [-0.1, -0.05) is 24.3 Å². The lowest BCUT2D eigenvalue weighted by Crippen LogP contribution is -2.49. The Morgan fingerprint density at radius 1 is 1.17 bits per heavy atom. The van der Waals surface area contributed by atoms with Crippen LogP contribution in [0.5, 0.6) is 0 Å². The van der Waals surface area contributed by atoms with Crippen LogP contribution in [-0.4, -0.2) is 76.4 Å².